The largest absolute Gasteiger partial charge is 0.497 e. The maximum absolute atomic E-state index is 13.9. The maximum atomic E-state index is 13.9. The van der Waals surface area contributed by atoms with Crippen molar-refractivity contribution < 1.29 is 18.7 Å². The number of halogens is 1. The maximum Gasteiger partial charge on any atom is 0.254 e. The van der Waals surface area contributed by atoms with Crippen LogP contribution in [0.1, 0.15) is 60.0 Å². The van der Waals surface area contributed by atoms with Gasteiger partial charge in [-0.05, 0) is 92.5 Å². The second kappa shape index (κ2) is 14.6. The molecule has 0 aromatic heterocycles. The predicted octanol–water partition coefficient (Wildman–Crippen LogP) is 4.94. The summed E-state index contributed by atoms with van der Waals surface area (Å²) in [5.74, 6) is 0.0589. The number of nitrogens with two attached hydrogens (primary N) is 1. The van der Waals surface area contributed by atoms with Crippen LogP contribution in [0.2, 0.25) is 0 Å². The smallest absolute Gasteiger partial charge is 0.254 e. The zero-order chi connectivity index (χ0) is 30.2. The molecule has 5 rings (SSSR count). The van der Waals surface area contributed by atoms with Crippen LogP contribution in [0.5, 0.6) is 5.75 Å². The second-order valence-electron chi connectivity index (χ2n) is 11.9. The molecule has 3 aromatic carbocycles. The molecule has 1 aliphatic carbocycles. The number of nitrogens with zero attached hydrogens (tertiary/aromatic N) is 2. The highest BCUT2D eigenvalue weighted by Gasteiger charge is 2.39. The minimum absolute atomic E-state index is 0.0592. The van der Waals surface area contributed by atoms with Crippen molar-refractivity contribution in [3.63, 3.8) is 0 Å². The van der Waals surface area contributed by atoms with E-state index in [1.54, 1.807) is 12.0 Å². The molecule has 2 atom stereocenters. The normalized spacial score (nSPS) is 22.3. The summed E-state index contributed by atoms with van der Waals surface area (Å²) in [5.41, 5.74) is 8.92. The highest BCUT2D eigenvalue weighted by Crippen LogP contribution is 2.27. The van der Waals surface area contributed by atoms with Gasteiger partial charge in [-0.15, -0.1) is 0 Å². The average molecular weight is 587 g/mol. The van der Waals surface area contributed by atoms with Gasteiger partial charge in [0.1, 0.15) is 17.6 Å². The van der Waals surface area contributed by atoms with E-state index < -0.39 is 11.9 Å². The van der Waals surface area contributed by atoms with Gasteiger partial charge in [0.05, 0.1) is 7.11 Å². The highest BCUT2D eigenvalue weighted by atomic mass is 19.1. The number of benzene rings is 3. The molecule has 0 bridgehead atoms. The second-order valence-corrected chi connectivity index (χ2v) is 11.9. The third kappa shape index (κ3) is 8.21. The van der Waals surface area contributed by atoms with E-state index in [0.717, 1.165) is 57.4 Å². The van der Waals surface area contributed by atoms with E-state index >= 15 is 0 Å². The third-order valence-corrected chi connectivity index (χ3v) is 8.94. The standard InChI is InChI=1S/C35H43FN4O3/c1-43-32-17-7-26(8-18-32)24-39(21-19-25-5-3-2-4-6-25)31-20-22-40(35(42)27-9-11-28(36)12-10-27)33(23-31)34(41)38-30-15-13-29(37)14-16-30/h2-12,17-18,29-31,33H,13-16,19-24,37H2,1H3,(H,38,41)/t29?,30?,31?,33-/m1/s1. The Labute approximate surface area is 254 Å². The number of carbonyl (C=O) groups excluding carboxylic acids is 2. The summed E-state index contributed by atoms with van der Waals surface area (Å²) in [6.45, 7) is 1.99. The summed E-state index contributed by atoms with van der Waals surface area (Å²) < 4.78 is 19.0. The lowest BCUT2D eigenvalue weighted by molar-refractivity contribution is -0.128. The van der Waals surface area contributed by atoms with Crippen LogP contribution in [0, 0.1) is 5.82 Å². The van der Waals surface area contributed by atoms with Gasteiger partial charge in [-0.2, -0.15) is 0 Å². The summed E-state index contributed by atoms with van der Waals surface area (Å²) in [4.78, 5) is 31.7. The van der Waals surface area contributed by atoms with Crippen LogP contribution >= 0.6 is 0 Å². The first kappa shape index (κ1) is 30.7. The number of hydrogen-bond donors (Lipinski definition) is 2. The van der Waals surface area contributed by atoms with Crippen LogP contribution in [0.4, 0.5) is 4.39 Å². The Bertz CT molecular complexity index is 1330. The number of carbonyl (C=O) groups is 2. The zero-order valence-electron chi connectivity index (χ0n) is 25.0. The van der Waals surface area contributed by atoms with Crippen LogP contribution in [0.3, 0.4) is 0 Å². The number of likely N-dealkylation sites (tertiary alicyclic amines) is 1. The predicted molar refractivity (Wildman–Crippen MR) is 166 cm³/mol. The summed E-state index contributed by atoms with van der Waals surface area (Å²) >= 11 is 0. The van der Waals surface area contributed by atoms with Gasteiger partial charge in [0, 0.05) is 43.3 Å². The third-order valence-electron chi connectivity index (χ3n) is 8.94. The van der Waals surface area contributed by atoms with E-state index in [-0.39, 0.29) is 29.9 Å². The van der Waals surface area contributed by atoms with Crippen molar-refractivity contribution in [2.75, 3.05) is 20.2 Å². The van der Waals surface area contributed by atoms with Crippen molar-refractivity contribution >= 4 is 11.8 Å². The van der Waals surface area contributed by atoms with E-state index in [9.17, 15) is 14.0 Å². The van der Waals surface area contributed by atoms with Gasteiger partial charge >= 0.3 is 0 Å². The number of rotatable bonds is 10. The quantitative estimate of drug-likeness (QED) is 0.352. The Morgan fingerprint density at radius 1 is 0.930 bits per heavy atom. The molecule has 3 N–H and O–H groups in total. The minimum atomic E-state index is -0.623. The van der Waals surface area contributed by atoms with E-state index in [1.807, 2.05) is 18.2 Å². The molecular weight excluding hydrogens is 543 g/mol. The highest BCUT2D eigenvalue weighted by molar-refractivity contribution is 5.97. The fourth-order valence-electron chi connectivity index (χ4n) is 6.36. The lowest BCUT2D eigenvalue weighted by Gasteiger charge is -2.43. The van der Waals surface area contributed by atoms with Gasteiger partial charge < -0.3 is 20.7 Å². The Morgan fingerprint density at radius 3 is 2.30 bits per heavy atom. The fourth-order valence-corrected chi connectivity index (χ4v) is 6.36. The lowest BCUT2D eigenvalue weighted by atomic mass is 9.90. The number of hydrogen-bond acceptors (Lipinski definition) is 5. The SMILES string of the molecule is COc1ccc(CN(CCc2ccccc2)C2CCN(C(=O)c3ccc(F)cc3)[C@@H](C(=O)NC3CCC(N)CC3)C2)cc1. The first-order valence-electron chi connectivity index (χ1n) is 15.4. The van der Waals surface area contributed by atoms with Crippen molar-refractivity contribution in [1.82, 2.24) is 15.1 Å². The van der Waals surface area contributed by atoms with Crippen molar-refractivity contribution in [2.24, 2.45) is 5.73 Å². The molecule has 1 aliphatic heterocycles. The molecule has 228 valence electrons. The van der Waals surface area contributed by atoms with Crippen molar-refractivity contribution in [3.8, 4) is 5.75 Å². The fraction of sp³-hybridized carbons (Fsp3) is 0.429. The first-order chi connectivity index (χ1) is 20.9. The van der Waals surface area contributed by atoms with E-state index in [1.165, 1.54) is 35.4 Å². The van der Waals surface area contributed by atoms with Crippen molar-refractivity contribution in [3.05, 3.63) is 101 Å². The van der Waals surface area contributed by atoms with Crippen LogP contribution < -0.4 is 15.8 Å². The number of methoxy groups -OCH3 is 1. The molecule has 2 aliphatic rings. The van der Waals surface area contributed by atoms with E-state index in [4.69, 9.17) is 10.5 Å². The Balaban J connectivity index is 1.37. The summed E-state index contributed by atoms with van der Waals surface area (Å²) in [5, 5.41) is 3.25. The summed E-state index contributed by atoms with van der Waals surface area (Å²) in [7, 11) is 1.66. The number of amides is 2. The summed E-state index contributed by atoms with van der Waals surface area (Å²) in [6.07, 6.45) is 5.59. The molecule has 1 unspecified atom stereocenters. The molecule has 3 aromatic rings. The van der Waals surface area contributed by atoms with Gasteiger partial charge in [-0.25, -0.2) is 4.39 Å². The van der Waals surface area contributed by atoms with Gasteiger partial charge in [0.2, 0.25) is 5.91 Å². The van der Waals surface area contributed by atoms with Crippen molar-refractivity contribution in [1.29, 1.82) is 0 Å². The van der Waals surface area contributed by atoms with E-state index in [0.29, 0.717) is 18.5 Å². The molecule has 1 saturated carbocycles. The van der Waals surface area contributed by atoms with Crippen LogP contribution in [-0.4, -0.2) is 66.0 Å². The average Bonchev–Trinajstić information content (AvgIpc) is 3.04. The van der Waals surface area contributed by atoms with Gasteiger partial charge in [-0.3, -0.25) is 14.5 Å². The molecule has 8 heteroatoms. The summed E-state index contributed by atoms with van der Waals surface area (Å²) in [6, 6.07) is 23.8. The Hall–Kier alpha value is -3.75. The molecular formula is C35H43FN4O3. The molecule has 43 heavy (non-hydrogen) atoms. The molecule has 2 amide bonds. The topological polar surface area (TPSA) is 87.9 Å². The first-order valence-corrected chi connectivity index (χ1v) is 15.4. The lowest BCUT2D eigenvalue weighted by Crippen LogP contribution is -2.58. The van der Waals surface area contributed by atoms with Gasteiger partial charge in [0.15, 0.2) is 0 Å². The van der Waals surface area contributed by atoms with Crippen LogP contribution in [0.25, 0.3) is 0 Å². The Kier molecular flexibility index (Phi) is 10.4. The molecule has 1 heterocycles. The monoisotopic (exact) mass is 586 g/mol. The van der Waals surface area contributed by atoms with E-state index in [2.05, 4.69) is 46.6 Å². The Morgan fingerprint density at radius 2 is 1.63 bits per heavy atom. The zero-order valence-corrected chi connectivity index (χ0v) is 25.0. The molecule has 2 fully saturated rings. The number of piperidine rings is 1. The van der Waals surface area contributed by atoms with Gasteiger partial charge in [0.25, 0.3) is 5.91 Å². The molecule has 0 spiro atoms. The molecule has 0 radical (unpaired) electrons. The minimum Gasteiger partial charge on any atom is -0.497 e. The van der Waals surface area contributed by atoms with Gasteiger partial charge in [-0.1, -0.05) is 42.5 Å². The molecule has 1 saturated heterocycles. The number of ether oxygens (including phenoxy) is 1. The van der Waals surface area contributed by atoms with Crippen LogP contribution in [0.15, 0.2) is 78.9 Å². The van der Waals surface area contributed by atoms with Crippen molar-refractivity contribution in [2.45, 2.75) is 75.7 Å². The number of nitrogens with one attached hydrogen (secondary N) is 1. The molecule has 7 nitrogen and oxygen atoms in total. The van der Waals surface area contributed by atoms with Crippen LogP contribution in [-0.2, 0) is 17.8 Å².